The highest BCUT2D eigenvalue weighted by Gasteiger charge is 2.34. The van der Waals surface area contributed by atoms with Gasteiger partial charge in [-0.2, -0.15) is 0 Å². The molecule has 0 saturated heterocycles. The molecule has 0 fully saturated rings. The van der Waals surface area contributed by atoms with Gasteiger partial charge in [0.05, 0.1) is 18.2 Å². The molecule has 3 aliphatic heterocycles. The molecule has 0 amide bonds. The monoisotopic (exact) mass is 1950 g/mol. The van der Waals surface area contributed by atoms with Crippen LogP contribution in [0.4, 0.5) is 5.69 Å². The van der Waals surface area contributed by atoms with Crippen LogP contribution in [0.5, 0.6) is 17.2 Å². The second-order valence-electron chi connectivity index (χ2n) is 33.4. The van der Waals surface area contributed by atoms with Crippen LogP contribution >= 0.6 is 45.6 Å². The number of aromatic carboxylic acids is 2. The number of benzene rings is 11. The van der Waals surface area contributed by atoms with Gasteiger partial charge in [0.25, 0.3) is 11.1 Å². The first-order chi connectivity index (χ1) is 65.3. The minimum atomic E-state index is -1.71. The van der Waals surface area contributed by atoms with Crippen LogP contribution in [-0.4, -0.2) is 107 Å². The number of pyridine rings is 2. The van der Waals surface area contributed by atoms with Gasteiger partial charge in [0.2, 0.25) is 5.36 Å². The van der Waals surface area contributed by atoms with Gasteiger partial charge in [0.15, 0.2) is 6.29 Å². The zero-order chi connectivity index (χ0) is 97.9. The molecule has 0 bridgehead atoms. The van der Waals surface area contributed by atoms with Crippen LogP contribution < -0.4 is 44.0 Å². The van der Waals surface area contributed by atoms with Crippen molar-refractivity contribution in [2.45, 2.75) is 140 Å². The van der Waals surface area contributed by atoms with E-state index in [1.165, 1.54) is 33.1 Å². The molecule has 7 N–H and O–H groups in total. The highest BCUT2D eigenvalue weighted by atomic mass is 35.5. The summed E-state index contributed by atoms with van der Waals surface area (Å²) in [5, 5.41) is 66.9. The quantitative estimate of drug-likeness (QED) is 0.00322. The third kappa shape index (κ3) is 27.3. The number of rotatable bonds is 18. The van der Waals surface area contributed by atoms with Crippen LogP contribution in [0.1, 0.15) is 146 Å². The van der Waals surface area contributed by atoms with Crippen LogP contribution in [0, 0.1) is 11.5 Å². The van der Waals surface area contributed by atoms with Gasteiger partial charge < -0.3 is 66.3 Å². The van der Waals surface area contributed by atoms with E-state index in [1.54, 1.807) is 120 Å². The summed E-state index contributed by atoms with van der Waals surface area (Å²) < 4.78 is 26.5. The van der Waals surface area contributed by atoms with E-state index in [1.807, 2.05) is 121 Å². The summed E-state index contributed by atoms with van der Waals surface area (Å²) in [5.41, 5.74) is 22.3. The highest BCUT2D eigenvalue weighted by Crippen LogP contribution is 2.45. The van der Waals surface area contributed by atoms with Crippen molar-refractivity contribution in [2.75, 3.05) is 45.3 Å². The number of nitrogens with zero attached hydrogens (tertiary/aromatic N) is 6. The maximum Gasteiger partial charge on any atom is 0.381 e. The van der Waals surface area contributed by atoms with E-state index in [-0.39, 0.29) is 46.2 Å². The SMILES string of the molecule is C=Cc1ccc(O)cc1.CC(C)(C)[Si](C)(C)C#CC(=O)O.CCC(CC)c1ccc2c(-c3ccccc3C(=O)O)c3ccc(=[N+](CC)CC)cc-3oc2c1.COC(OC)c1ccc(O)cc1.O=C(O)c1cc2cc3c4c(c2oc1=O)CCCN4CCC3.O=c1[nH]c(=O)c2ccc3c4ccccc4sc4ccc1c2c43.Oc1ccc(CSSc2ccccn2)cc1.[Cl-].[N-]=[N+]=NCc1ccc(S)cc1. The van der Waals surface area contributed by atoms with E-state index in [9.17, 15) is 33.9 Å². The first kappa shape index (κ1) is 106. The molecule has 4 aliphatic rings. The van der Waals surface area contributed by atoms with E-state index in [4.69, 9.17) is 49.4 Å². The molecular formula is C108H110ClN7O16S4Si. The maximum atomic E-state index is 12.1. The number of aryl methyl sites for hydroxylation is 2. The van der Waals surface area contributed by atoms with E-state index in [2.05, 4.69) is 170 Å². The first-order valence-corrected chi connectivity index (χ1v) is 51.0. The topological polar surface area (TPSA) is 352 Å². The molecule has 708 valence electrons. The Labute approximate surface area is 818 Å². The molecule has 0 atom stereocenters. The van der Waals surface area contributed by atoms with Crippen molar-refractivity contribution >= 4 is 147 Å². The number of aromatic hydroxyl groups is 3. The lowest BCUT2D eigenvalue weighted by Crippen LogP contribution is -3.00. The predicted octanol–water partition coefficient (Wildman–Crippen LogP) is 22.0. The number of aromatic amines is 1. The number of methoxy groups -OCH3 is 2. The molecule has 0 saturated carbocycles. The Balaban J connectivity index is 0.000000167. The number of H-pyrrole nitrogens is 1. The molecule has 0 unspecified atom stereocenters. The molecule has 18 rings (SSSR count). The second kappa shape index (κ2) is 49.9. The lowest BCUT2D eigenvalue weighted by molar-refractivity contribution is -0.130. The number of fused-ring (bicyclic) bond motifs is 6. The normalized spacial score (nSPS) is 11.7. The van der Waals surface area contributed by atoms with Gasteiger partial charge in [-0.25, -0.2) is 28.7 Å². The number of thiol groups is 1. The molecule has 0 radical (unpaired) electrons. The molecule has 23 nitrogen and oxygen atoms in total. The average Bonchev–Trinajstić information content (AvgIpc) is 0.725. The molecule has 137 heavy (non-hydrogen) atoms. The number of ether oxygens (including phenoxy) is 2. The van der Waals surface area contributed by atoms with Crippen LogP contribution in [0.15, 0.2) is 288 Å². The standard InChI is InChI=1S/C29H31NO3.C18H9NO2S.C16H15NO4.C12H11NOS2.C9H12O3.C9H16O2Si.C8H8O.C7H7N3S.ClH/c1-5-19(6-2)20-13-15-24-26(17-20)33-27-18-21(30(7-3)8-4)14-16-25(27)28(24)22-11-9-10-12-23(22)29(31)32;20-17-11-6-5-10-9-3-1-2-4-13(9)22-14-8-7-12(18(21)19-17)15(11)16(10)14;18-15(19)12-8-10-7-9-3-1-5-17-6-2-4-11(13(9)17)14(10)21-16(12)20;14-11-6-4-10(5-7-11)9-15-16-12-3-1-2-8-13-12;1-11-9(12-2)7-3-5-8(10)6-4-7;1-9(2,3)12(4,5)7-6-8(10)11;1-2-7-3-5-8(9)6-4-7;8-10-9-5-6-1-3-7(11)4-2-6;/h9-19H,5-8H2,1-4H3;1-8H,(H,19,20,21);7-8H,1-6H2,(H,18,19);1-8,14H,9H2;3-6,9-10H,1-2H3;1-5H3,(H,10,11);2-6,9H,1H2;1-4,11H,5H2;1H. The smallest absolute Gasteiger partial charge is 0.381 e. The van der Waals surface area contributed by atoms with Crippen LogP contribution in [0.25, 0.3) is 103 Å². The third-order valence-corrected chi connectivity index (χ3v) is 31.8. The molecule has 29 heteroatoms. The summed E-state index contributed by atoms with van der Waals surface area (Å²) >= 11 is 5.81. The fraction of sp³-hybridized carbons (Fsp3) is 0.241. The van der Waals surface area contributed by atoms with E-state index >= 15 is 0 Å². The van der Waals surface area contributed by atoms with Gasteiger partial charge >= 0.3 is 23.5 Å². The molecule has 10 aromatic carbocycles. The Hall–Kier alpha value is -13.4. The van der Waals surface area contributed by atoms with Crippen molar-refractivity contribution in [1.82, 2.24) is 14.5 Å². The van der Waals surface area contributed by atoms with Gasteiger partial charge in [-0.05, 0) is 239 Å². The predicted molar refractivity (Wildman–Crippen MR) is 557 cm³/mol. The second-order valence-corrected chi connectivity index (χ2v) is 42.4. The Morgan fingerprint density at radius 3 is 1.86 bits per heavy atom. The lowest BCUT2D eigenvalue weighted by atomic mass is 9.88. The van der Waals surface area contributed by atoms with Crippen molar-refractivity contribution in [1.29, 1.82) is 0 Å². The van der Waals surface area contributed by atoms with Crippen LogP contribution in [0.3, 0.4) is 0 Å². The van der Waals surface area contributed by atoms with Gasteiger partial charge in [0.1, 0.15) is 65.9 Å². The number of azide groups is 1. The van der Waals surface area contributed by atoms with Crippen molar-refractivity contribution in [3.63, 3.8) is 0 Å². The molecule has 4 aromatic heterocycles. The Kier molecular flexibility index (Phi) is 38.5. The number of carboxylic acid groups (broad SMARTS) is 3. The number of aliphatic carboxylic acids is 1. The van der Waals surface area contributed by atoms with Crippen molar-refractivity contribution < 1.29 is 75.7 Å². The van der Waals surface area contributed by atoms with Gasteiger partial charge in [-0.1, -0.05) is 185 Å². The first-order valence-electron chi connectivity index (χ1n) is 44.4. The zero-order valence-corrected chi connectivity index (χ0v) is 83.1. The summed E-state index contributed by atoms with van der Waals surface area (Å²) in [7, 11) is 4.83. The molecule has 1 aliphatic carbocycles. The van der Waals surface area contributed by atoms with E-state index < -0.39 is 31.6 Å². The number of carbonyl (C=O) groups is 3. The molecule has 7 heterocycles. The summed E-state index contributed by atoms with van der Waals surface area (Å²) in [6, 6.07) is 73.4. The number of hydrogen-bond donors (Lipinski definition) is 8. The largest absolute Gasteiger partial charge is 1.00 e. The number of phenolic OH excluding ortho intramolecular Hbond substituents is 3. The average molecular weight is 1950 g/mol. The Morgan fingerprint density at radius 2 is 1.26 bits per heavy atom. The van der Waals surface area contributed by atoms with Crippen molar-refractivity contribution in [3.8, 4) is 51.2 Å². The van der Waals surface area contributed by atoms with E-state index in [0.29, 0.717) is 51.4 Å². The van der Waals surface area contributed by atoms with Gasteiger partial charge in [-0.15, -0.1) is 29.5 Å². The highest BCUT2D eigenvalue weighted by molar-refractivity contribution is 8.76. The van der Waals surface area contributed by atoms with Gasteiger partial charge in [0, 0.05) is 131 Å². The number of phenols is 3. The number of hydrogen-bond acceptors (Lipinski definition) is 20. The molecule has 14 aromatic rings. The van der Waals surface area contributed by atoms with Crippen molar-refractivity contribution in [3.05, 3.63) is 346 Å². The third-order valence-electron chi connectivity index (χ3n) is 23.7. The zero-order valence-electron chi connectivity index (χ0n) is 78.0. The Morgan fingerprint density at radius 1 is 0.664 bits per heavy atom. The summed E-state index contributed by atoms with van der Waals surface area (Å²) in [5.74, 6) is 2.01. The number of carboxylic acids is 3. The molecule has 0 spiro atoms. The Bertz CT molecular complexity index is 7220. The summed E-state index contributed by atoms with van der Waals surface area (Å²) in [6.07, 6.45) is 9.33. The van der Waals surface area contributed by atoms with Crippen molar-refractivity contribution in [2.24, 2.45) is 5.11 Å². The fourth-order valence-corrected chi connectivity index (χ4v) is 19.7. The molecular weight excluding hydrogens is 1840 g/mol. The number of halogens is 1. The van der Waals surface area contributed by atoms with Crippen LogP contribution in [-0.2, 0) is 39.4 Å². The minimum Gasteiger partial charge on any atom is -1.00 e. The maximum absolute atomic E-state index is 12.1. The lowest BCUT2D eigenvalue weighted by Gasteiger charge is -2.37. The van der Waals surface area contributed by atoms with E-state index in [0.717, 1.165) is 167 Å². The number of anilines is 1. The van der Waals surface area contributed by atoms with Gasteiger partial charge in [-0.3, -0.25) is 14.6 Å². The minimum absolute atomic E-state index is 0. The number of aromatic nitrogens is 2. The number of nitrogens with one attached hydrogen (secondary N) is 1. The fourth-order valence-electron chi connectivity index (χ4n) is 15.6. The summed E-state index contributed by atoms with van der Waals surface area (Å²) in [6.45, 7) is 27.1. The van der Waals surface area contributed by atoms with Crippen LogP contribution in [0.2, 0.25) is 18.1 Å². The summed E-state index contributed by atoms with van der Waals surface area (Å²) in [4.78, 5) is 82.1.